The minimum Gasteiger partial charge on any atom is -0.389 e. The number of aromatic amines is 1. The molecule has 0 fully saturated rings. The highest BCUT2D eigenvalue weighted by molar-refractivity contribution is 7.92. The highest BCUT2D eigenvalue weighted by Gasteiger charge is 2.19. The van der Waals surface area contributed by atoms with Gasteiger partial charge in [-0.3, -0.25) is 9.82 Å². The number of hydrogen-bond donors (Lipinski definition) is 3. The zero-order valence-corrected chi connectivity index (χ0v) is 11.8. The molecular weight excluding hydrogens is 308 g/mol. The fourth-order valence-electron chi connectivity index (χ4n) is 1.38. The van der Waals surface area contributed by atoms with Crippen LogP contribution in [0.1, 0.15) is 5.56 Å². The monoisotopic (exact) mass is 316 g/mol. The number of halogens is 1. The summed E-state index contributed by atoms with van der Waals surface area (Å²) in [6.07, 6.45) is 2.74. The van der Waals surface area contributed by atoms with Gasteiger partial charge in [0.2, 0.25) is 0 Å². The van der Waals surface area contributed by atoms with Crippen LogP contribution in [0.15, 0.2) is 35.5 Å². The quantitative estimate of drug-likeness (QED) is 0.742. The second-order valence-corrected chi connectivity index (χ2v) is 6.10. The SMILES string of the molecule is NC(=S)c1ccc(Cl)c(S(=O)(=O)Nc2cn[nH]c2)c1. The summed E-state index contributed by atoms with van der Waals surface area (Å²) in [4.78, 5) is -0.00269. The molecular formula is C10H9ClN4O2S2. The molecule has 0 atom stereocenters. The summed E-state index contributed by atoms with van der Waals surface area (Å²) >= 11 is 10.7. The number of sulfonamides is 1. The van der Waals surface area contributed by atoms with E-state index in [1.807, 2.05) is 0 Å². The molecule has 0 spiro atoms. The molecule has 1 aromatic carbocycles. The number of nitrogens with two attached hydrogens (primary N) is 1. The van der Waals surface area contributed by atoms with Crippen molar-refractivity contribution >= 4 is 44.5 Å². The van der Waals surface area contributed by atoms with Crippen molar-refractivity contribution in [3.63, 3.8) is 0 Å². The maximum absolute atomic E-state index is 12.2. The number of nitrogens with one attached hydrogen (secondary N) is 2. The second-order valence-electron chi connectivity index (χ2n) is 3.60. The minimum atomic E-state index is -3.83. The lowest BCUT2D eigenvalue weighted by molar-refractivity contribution is 0.601. The van der Waals surface area contributed by atoms with Crippen molar-refractivity contribution in [3.05, 3.63) is 41.2 Å². The fourth-order valence-corrected chi connectivity index (χ4v) is 3.07. The molecule has 2 rings (SSSR count). The third-order valence-corrected chi connectivity index (χ3v) is 4.35. The Kier molecular flexibility index (Phi) is 3.74. The van der Waals surface area contributed by atoms with Crippen LogP contribution < -0.4 is 10.5 Å². The first-order chi connectivity index (χ1) is 8.90. The first kappa shape index (κ1) is 13.8. The molecule has 9 heteroatoms. The van der Waals surface area contributed by atoms with Crippen LogP contribution in [0.25, 0.3) is 0 Å². The molecule has 19 heavy (non-hydrogen) atoms. The van der Waals surface area contributed by atoms with E-state index in [-0.39, 0.29) is 14.9 Å². The highest BCUT2D eigenvalue weighted by atomic mass is 35.5. The normalized spacial score (nSPS) is 11.2. The predicted molar refractivity (Wildman–Crippen MR) is 76.7 cm³/mol. The van der Waals surface area contributed by atoms with Gasteiger partial charge in [0.05, 0.1) is 16.9 Å². The Hall–Kier alpha value is -1.64. The van der Waals surface area contributed by atoms with Crippen LogP contribution in [-0.2, 0) is 10.0 Å². The topological polar surface area (TPSA) is 101 Å². The lowest BCUT2D eigenvalue weighted by Gasteiger charge is -2.09. The summed E-state index contributed by atoms with van der Waals surface area (Å²) in [5.41, 5.74) is 6.20. The summed E-state index contributed by atoms with van der Waals surface area (Å²) in [7, 11) is -3.83. The Labute approximate surface area is 120 Å². The van der Waals surface area contributed by atoms with Gasteiger partial charge in [-0.1, -0.05) is 29.9 Å². The molecule has 2 aromatic rings. The van der Waals surface area contributed by atoms with Gasteiger partial charge in [-0.2, -0.15) is 5.10 Å². The number of rotatable bonds is 4. The number of anilines is 1. The van der Waals surface area contributed by atoms with Crippen molar-refractivity contribution in [2.75, 3.05) is 4.72 Å². The zero-order valence-electron chi connectivity index (χ0n) is 9.42. The first-order valence-electron chi connectivity index (χ1n) is 5.01. The van der Waals surface area contributed by atoms with Crippen LogP contribution in [0.3, 0.4) is 0 Å². The van der Waals surface area contributed by atoms with E-state index in [0.717, 1.165) is 0 Å². The van der Waals surface area contributed by atoms with E-state index in [1.165, 1.54) is 24.5 Å². The van der Waals surface area contributed by atoms with E-state index in [9.17, 15) is 8.42 Å². The lowest BCUT2D eigenvalue weighted by Crippen LogP contribution is -2.15. The molecule has 0 saturated carbocycles. The number of H-pyrrole nitrogens is 1. The Bertz CT molecular complexity index is 713. The van der Waals surface area contributed by atoms with Crippen molar-refractivity contribution in [1.29, 1.82) is 0 Å². The predicted octanol–water partition coefficient (Wildman–Crippen LogP) is 1.50. The van der Waals surface area contributed by atoms with Crippen molar-refractivity contribution < 1.29 is 8.42 Å². The summed E-state index contributed by atoms with van der Waals surface area (Å²) in [5.74, 6) is 0. The molecule has 0 amide bonds. The molecule has 0 saturated heterocycles. The van der Waals surface area contributed by atoms with Gasteiger partial charge < -0.3 is 5.73 Å². The van der Waals surface area contributed by atoms with Crippen LogP contribution in [0.4, 0.5) is 5.69 Å². The molecule has 1 heterocycles. The van der Waals surface area contributed by atoms with Crippen molar-refractivity contribution in [3.8, 4) is 0 Å². The second kappa shape index (κ2) is 5.16. The van der Waals surface area contributed by atoms with Crippen LogP contribution >= 0.6 is 23.8 Å². The number of thiocarbonyl (C=S) groups is 1. The smallest absolute Gasteiger partial charge is 0.263 e. The average Bonchev–Trinajstić information content (AvgIpc) is 2.81. The van der Waals surface area contributed by atoms with Gasteiger partial charge in [-0.25, -0.2) is 8.42 Å². The molecule has 0 bridgehead atoms. The summed E-state index contributed by atoms with van der Waals surface area (Å²) in [5, 5.41) is 6.22. The largest absolute Gasteiger partial charge is 0.389 e. The van der Waals surface area contributed by atoms with Gasteiger partial charge >= 0.3 is 0 Å². The van der Waals surface area contributed by atoms with E-state index < -0.39 is 10.0 Å². The molecule has 0 radical (unpaired) electrons. The minimum absolute atomic E-state index is 0.0796. The maximum atomic E-state index is 12.2. The lowest BCUT2D eigenvalue weighted by atomic mass is 10.2. The third-order valence-electron chi connectivity index (χ3n) is 2.26. The Morgan fingerprint density at radius 1 is 1.47 bits per heavy atom. The summed E-state index contributed by atoms with van der Waals surface area (Å²) < 4.78 is 26.7. The molecule has 0 aliphatic carbocycles. The number of nitrogens with zero attached hydrogens (tertiary/aromatic N) is 1. The number of aromatic nitrogens is 2. The van der Waals surface area contributed by atoms with Crippen LogP contribution in [0.5, 0.6) is 0 Å². The van der Waals surface area contributed by atoms with E-state index in [1.54, 1.807) is 6.07 Å². The van der Waals surface area contributed by atoms with E-state index in [2.05, 4.69) is 14.9 Å². The van der Waals surface area contributed by atoms with Gasteiger partial charge in [-0.05, 0) is 12.1 Å². The molecule has 0 aliphatic heterocycles. The van der Waals surface area contributed by atoms with Gasteiger partial charge in [0, 0.05) is 11.8 Å². The van der Waals surface area contributed by atoms with Crippen LogP contribution in [0.2, 0.25) is 5.02 Å². The van der Waals surface area contributed by atoms with Gasteiger partial charge in [0.15, 0.2) is 0 Å². The summed E-state index contributed by atoms with van der Waals surface area (Å²) in [6.45, 7) is 0. The van der Waals surface area contributed by atoms with Crippen molar-refractivity contribution in [2.24, 2.45) is 5.73 Å². The van der Waals surface area contributed by atoms with E-state index in [0.29, 0.717) is 11.3 Å². The highest BCUT2D eigenvalue weighted by Crippen LogP contribution is 2.24. The van der Waals surface area contributed by atoms with Crippen molar-refractivity contribution in [2.45, 2.75) is 4.90 Å². The molecule has 4 N–H and O–H groups in total. The van der Waals surface area contributed by atoms with Gasteiger partial charge in [-0.15, -0.1) is 0 Å². The summed E-state index contributed by atoms with van der Waals surface area (Å²) in [6, 6.07) is 4.31. The molecule has 0 unspecified atom stereocenters. The molecule has 0 aliphatic rings. The number of benzene rings is 1. The molecule has 1 aromatic heterocycles. The first-order valence-corrected chi connectivity index (χ1v) is 7.28. The standard InChI is InChI=1S/C10H9ClN4O2S2/c11-8-2-1-6(10(12)18)3-9(8)19(16,17)15-7-4-13-14-5-7/h1-5,15H,(H2,12,18)(H,13,14). The maximum Gasteiger partial charge on any atom is 0.263 e. The van der Waals surface area contributed by atoms with Crippen LogP contribution in [-0.4, -0.2) is 23.6 Å². The van der Waals surface area contributed by atoms with E-state index in [4.69, 9.17) is 29.6 Å². The Morgan fingerprint density at radius 2 is 2.21 bits per heavy atom. The zero-order chi connectivity index (χ0) is 14.0. The molecule has 100 valence electrons. The Balaban J connectivity index is 2.45. The Morgan fingerprint density at radius 3 is 2.79 bits per heavy atom. The van der Waals surface area contributed by atoms with Crippen molar-refractivity contribution in [1.82, 2.24) is 10.2 Å². The van der Waals surface area contributed by atoms with Gasteiger partial charge in [0.1, 0.15) is 9.88 Å². The fraction of sp³-hybridized carbons (Fsp3) is 0. The van der Waals surface area contributed by atoms with Crippen LogP contribution in [0, 0.1) is 0 Å². The molecule has 6 nitrogen and oxygen atoms in total. The van der Waals surface area contributed by atoms with E-state index >= 15 is 0 Å². The average molecular weight is 317 g/mol. The third kappa shape index (κ3) is 3.03. The number of hydrogen-bond acceptors (Lipinski definition) is 4. The van der Waals surface area contributed by atoms with Gasteiger partial charge in [0.25, 0.3) is 10.0 Å².